The van der Waals surface area contributed by atoms with E-state index in [1.54, 1.807) is 7.11 Å². The normalized spacial score (nSPS) is 22.9. The quantitative estimate of drug-likeness (QED) is 0.866. The van der Waals surface area contributed by atoms with E-state index in [0.29, 0.717) is 17.4 Å². The van der Waals surface area contributed by atoms with Gasteiger partial charge in [-0.15, -0.1) is 0 Å². The summed E-state index contributed by atoms with van der Waals surface area (Å²) in [5.74, 6) is 1.68. The van der Waals surface area contributed by atoms with Crippen molar-refractivity contribution in [2.45, 2.75) is 52.0 Å². The number of hydrogen-bond donors (Lipinski definition) is 1. The highest BCUT2D eigenvalue weighted by molar-refractivity contribution is 5.32. The van der Waals surface area contributed by atoms with Crippen LogP contribution in [0, 0.1) is 5.41 Å². The van der Waals surface area contributed by atoms with Gasteiger partial charge in [-0.25, -0.2) is 0 Å². The summed E-state index contributed by atoms with van der Waals surface area (Å²) in [5, 5.41) is 3.67. The lowest BCUT2D eigenvalue weighted by molar-refractivity contribution is 0.270. The second-order valence-electron chi connectivity index (χ2n) is 6.91. The number of methoxy groups -OCH3 is 1. The van der Waals surface area contributed by atoms with Crippen LogP contribution in [0.2, 0.25) is 0 Å². The molecule has 0 radical (unpaired) electrons. The van der Waals surface area contributed by atoms with Crippen LogP contribution in [0.15, 0.2) is 24.3 Å². The maximum Gasteiger partial charge on any atom is 0.119 e. The third kappa shape index (κ3) is 4.24. The Labute approximate surface area is 117 Å². The molecule has 1 aliphatic rings. The van der Waals surface area contributed by atoms with Crippen molar-refractivity contribution in [2.24, 2.45) is 5.41 Å². The first kappa shape index (κ1) is 14.4. The van der Waals surface area contributed by atoms with Crippen molar-refractivity contribution >= 4 is 0 Å². The van der Waals surface area contributed by atoms with E-state index in [9.17, 15) is 0 Å². The smallest absolute Gasteiger partial charge is 0.119 e. The second-order valence-corrected chi connectivity index (χ2v) is 6.91. The van der Waals surface area contributed by atoms with Gasteiger partial charge in [0.05, 0.1) is 7.11 Å². The molecule has 1 aromatic rings. The van der Waals surface area contributed by atoms with Crippen molar-refractivity contribution in [3.63, 3.8) is 0 Å². The first-order chi connectivity index (χ1) is 8.98. The lowest BCUT2D eigenvalue weighted by atomic mass is 9.75. The Morgan fingerprint density at radius 3 is 2.63 bits per heavy atom. The molecule has 106 valence electrons. The summed E-state index contributed by atoms with van der Waals surface area (Å²) in [7, 11) is 1.73. The van der Waals surface area contributed by atoms with Crippen LogP contribution < -0.4 is 10.1 Å². The van der Waals surface area contributed by atoms with Gasteiger partial charge in [-0.05, 0) is 54.8 Å². The predicted molar refractivity (Wildman–Crippen MR) is 80.8 cm³/mol. The van der Waals surface area contributed by atoms with E-state index < -0.39 is 0 Å². The van der Waals surface area contributed by atoms with Crippen LogP contribution in [-0.4, -0.2) is 19.7 Å². The van der Waals surface area contributed by atoms with Crippen molar-refractivity contribution in [1.29, 1.82) is 0 Å². The Kier molecular flexibility index (Phi) is 4.51. The molecular weight excluding hydrogens is 234 g/mol. The highest BCUT2D eigenvalue weighted by Gasteiger charge is 2.30. The topological polar surface area (TPSA) is 21.3 Å². The summed E-state index contributed by atoms with van der Waals surface area (Å²) in [6.07, 6.45) is 3.77. The van der Waals surface area contributed by atoms with Crippen molar-refractivity contribution in [3.05, 3.63) is 29.8 Å². The molecule has 0 unspecified atom stereocenters. The summed E-state index contributed by atoms with van der Waals surface area (Å²) in [6, 6.07) is 9.21. The van der Waals surface area contributed by atoms with Crippen LogP contribution in [0.25, 0.3) is 0 Å². The molecular formula is C17H27NO. The van der Waals surface area contributed by atoms with Crippen LogP contribution in [0.3, 0.4) is 0 Å². The average Bonchev–Trinajstić information content (AvgIpc) is 2.31. The van der Waals surface area contributed by atoms with Gasteiger partial charge in [-0.2, -0.15) is 0 Å². The minimum atomic E-state index is 0.433. The van der Waals surface area contributed by atoms with Gasteiger partial charge in [0.2, 0.25) is 0 Å². The molecule has 0 aromatic heterocycles. The van der Waals surface area contributed by atoms with Crippen LogP contribution in [-0.2, 0) is 0 Å². The molecule has 1 saturated carbocycles. The summed E-state index contributed by atoms with van der Waals surface area (Å²) >= 11 is 0. The van der Waals surface area contributed by atoms with Gasteiger partial charge in [-0.1, -0.05) is 32.9 Å². The Bertz CT molecular complexity index is 402. The number of benzene rings is 1. The van der Waals surface area contributed by atoms with Crippen molar-refractivity contribution in [3.8, 4) is 5.75 Å². The SMILES string of the molecule is COc1cccc(C2CC(NCCC(C)(C)C)C2)c1. The lowest BCUT2D eigenvalue weighted by Crippen LogP contribution is -2.41. The van der Waals surface area contributed by atoms with Gasteiger partial charge >= 0.3 is 0 Å². The Morgan fingerprint density at radius 2 is 2.00 bits per heavy atom. The van der Waals surface area contributed by atoms with Gasteiger partial charge in [0.15, 0.2) is 0 Å². The number of ether oxygens (including phenoxy) is 1. The molecule has 1 fully saturated rings. The first-order valence-electron chi connectivity index (χ1n) is 7.35. The van der Waals surface area contributed by atoms with E-state index in [-0.39, 0.29) is 0 Å². The third-order valence-corrected chi connectivity index (χ3v) is 4.01. The Morgan fingerprint density at radius 1 is 1.26 bits per heavy atom. The van der Waals surface area contributed by atoms with Gasteiger partial charge in [0.25, 0.3) is 0 Å². The lowest BCUT2D eigenvalue weighted by Gasteiger charge is -2.37. The van der Waals surface area contributed by atoms with Crippen molar-refractivity contribution in [1.82, 2.24) is 5.32 Å². The zero-order valence-electron chi connectivity index (χ0n) is 12.7. The average molecular weight is 261 g/mol. The molecule has 0 heterocycles. The van der Waals surface area contributed by atoms with Gasteiger partial charge in [0.1, 0.15) is 5.75 Å². The molecule has 0 spiro atoms. The number of nitrogens with one attached hydrogen (secondary N) is 1. The Balaban J connectivity index is 1.73. The van der Waals surface area contributed by atoms with E-state index in [0.717, 1.165) is 12.3 Å². The highest BCUT2D eigenvalue weighted by atomic mass is 16.5. The zero-order chi connectivity index (χ0) is 13.9. The summed E-state index contributed by atoms with van der Waals surface area (Å²) in [4.78, 5) is 0. The largest absolute Gasteiger partial charge is 0.497 e. The van der Waals surface area contributed by atoms with Crippen LogP contribution in [0.1, 0.15) is 51.5 Å². The van der Waals surface area contributed by atoms with Gasteiger partial charge in [0, 0.05) is 6.04 Å². The minimum Gasteiger partial charge on any atom is -0.497 e. The molecule has 1 aromatic carbocycles. The Hall–Kier alpha value is -1.02. The fraction of sp³-hybridized carbons (Fsp3) is 0.647. The molecule has 0 bridgehead atoms. The number of rotatable bonds is 5. The number of hydrogen-bond acceptors (Lipinski definition) is 2. The van der Waals surface area contributed by atoms with E-state index in [1.807, 2.05) is 6.07 Å². The zero-order valence-corrected chi connectivity index (χ0v) is 12.7. The maximum absolute atomic E-state index is 5.29. The highest BCUT2D eigenvalue weighted by Crippen LogP contribution is 2.38. The molecule has 0 saturated heterocycles. The monoisotopic (exact) mass is 261 g/mol. The van der Waals surface area contributed by atoms with Crippen LogP contribution >= 0.6 is 0 Å². The van der Waals surface area contributed by atoms with E-state index >= 15 is 0 Å². The summed E-state index contributed by atoms with van der Waals surface area (Å²) < 4.78 is 5.29. The summed E-state index contributed by atoms with van der Waals surface area (Å²) in [5.41, 5.74) is 1.86. The van der Waals surface area contributed by atoms with Crippen molar-refractivity contribution in [2.75, 3.05) is 13.7 Å². The van der Waals surface area contributed by atoms with E-state index in [2.05, 4.69) is 44.3 Å². The molecule has 1 aliphatic carbocycles. The maximum atomic E-state index is 5.29. The fourth-order valence-corrected chi connectivity index (χ4v) is 2.60. The fourth-order valence-electron chi connectivity index (χ4n) is 2.60. The van der Waals surface area contributed by atoms with E-state index in [4.69, 9.17) is 4.74 Å². The molecule has 0 aliphatic heterocycles. The third-order valence-electron chi connectivity index (χ3n) is 4.01. The van der Waals surface area contributed by atoms with Crippen LogP contribution in [0.5, 0.6) is 5.75 Å². The molecule has 0 atom stereocenters. The minimum absolute atomic E-state index is 0.433. The van der Waals surface area contributed by atoms with Gasteiger partial charge < -0.3 is 10.1 Å². The first-order valence-corrected chi connectivity index (χ1v) is 7.35. The van der Waals surface area contributed by atoms with Crippen LogP contribution in [0.4, 0.5) is 0 Å². The molecule has 2 rings (SSSR count). The van der Waals surface area contributed by atoms with E-state index in [1.165, 1.54) is 24.8 Å². The molecule has 0 amide bonds. The predicted octanol–water partition coefficient (Wildman–Crippen LogP) is 3.97. The molecule has 2 heteroatoms. The van der Waals surface area contributed by atoms with Gasteiger partial charge in [-0.3, -0.25) is 0 Å². The summed E-state index contributed by atoms with van der Waals surface area (Å²) in [6.45, 7) is 8.04. The second kappa shape index (κ2) is 5.96. The van der Waals surface area contributed by atoms with Crippen molar-refractivity contribution < 1.29 is 4.74 Å². The molecule has 2 nitrogen and oxygen atoms in total. The molecule has 1 N–H and O–H groups in total. The standard InChI is InChI=1S/C17H27NO/c1-17(2,3)8-9-18-15-10-14(11-15)13-6-5-7-16(12-13)19-4/h5-7,12,14-15,18H,8-11H2,1-4H3. The molecule has 19 heavy (non-hydrogen) atoms.